The highest BCUT2D eigenvalue weighted by Gasteiger charge is 2.15. The quantitative estimate of drug-likeness (QED) is 0.762. The molecule has 1 aromatic carbocycles. The zero-order valence-corrected chi connectivity index (χ0v) is 10.5. The van der Waals surface area contributed by atoms with Gasteiger partial charge in [0.2, 0.25) is 5.91 Å². The normalized spacial score (nSPS) is 11.6. The van der Waals surface area contributed by atoms with E-state index < -0.39 is 18.0 Å². The minimum Gasteiger partial charge on any atom is -0.374 e. The second-order valence-corrected chi connectivity index (χ2v) is 3.90. The molecule has 1 aromatic rings. The van der Waals surface area contributed by atoms with E-state index in [1.807, 2.05) is 0 Å². The lowest BCUT2D eigenvalue weighted by molar-refractivity contribution is -0.120. The van der Waals surface area contributed by atoms with Crippen LogP contribution in [0.25, 0.3) is 0 Å². The number of benzene rings is 1. The largest absolute Gasteiger partial charge is 0.374 e. The molecule has 0 fully saturated rings. The predicted octanol–water partition coefficient (Wildman–Crippen LogP) is 1.39. The van der Waals surface area contributed by atoms with E-state index in [2.05, 4.69) is 16.0 Å². The molecule has 1 rings (SSSR count). The lowest BCUT2D eigenvalue weighted by Gasteiger charge is -2.14. The molecule has 1 unspecified atom stereocenters. The van der Waals surface area contributed by atoms with Gasteiger partial charge in [-0.1, -0.05) is 6.07 Å². The molecule has 3 N–H and O–H groups in total. The molecule has 0 heterocycles. The molecule has 98 valence electrons. The third-order valence-electron chi connectivity index (χ3n) is 2.41. The molecule has 0 spiro atoms. The monoisotopic (exact) mass is 253 g/mol. The van der Waals surface area contributed by atoms with Crippen molar-refractivity contribution in [2.24, 2.45) is 0 Å². The summed E-state index contributed by atoms with van der Waals surface area (Å²) in [5.41, 5.74) is 1.01. The highest BCUT2D eigenvalue weighted by Crippen LogP contribution is 2.14. The van der Waals surface area contributed by atoms with Crippen LogP contribution in [0.5, 0.6) is 0 Å². The van der Waals surface area contributed by atoms with Gasteiger partial charge in [-0.25, -0.2) is 9.18 Å². The van der Waals surface area contributed by atoms with Crippen molar-refractivity contribution in [3.63, 3.8) is 0 Å². The van der Waals surface area contributed by atoms with E-state index in [0.717, 1.165) is 0 Å². The Hall–Kier alpha value is -2.11. The predicted molar refractivity (Wildman–Crippen MR) is 66.8 cm³/mol. The number of halogens is 1. The zero-order chi connectivity index (χ0) is 13.7. The van der Waals surface area contributed by atoms with Crippen molar-refractivity contribution in [1.82, 2.24) is 10.6 Å². The Morgan fingerprint density at radius 3 is 2.56 bits per heavy atom. The number of amides is 3. The van der Waals surface area contributed by atoms with Gasteiger partial charge < -0.3 is 10.6 Å². The van der Waals surface area contributed by atoms with Crippen LogP contribution in [0.15, 0.2) is 18.2 Å². The maximum atomic E-state index is 13.3. The standard InChI is InChI=1S/C12H16FN3O2/c1-7-4-5-9(6-10(7)13)15-8(2)11(17)16-12(18)14-3/h4-6,8,15H,1-3H3,(H2,14,16,17,18). The molecule has 1 atom stereocenters. The highest BCUT2D eigenvalue weighted by molar-refractivity contribution is 5.97. The van der Waals surface area contributed by atoms with Crippen molar-refractivity contribution in [2.45, 2.75) is 19.9 Å². The number of hydrogen-bond donors (Lipinski definition) is 3. The van der Waals surface area contributed by atoms with Gasteiger partial charge in [0.1, 0.15) is 11.9 Å². The van der Waals surface area contributed by atoms with Gasteiger partial charge in [0.05, 0.1) is 0 Å². The second kappa shape index (κ2) is 6.00. The molecule has 0 saturated heterocycles. The summed E-state index contributed by atoms with van der Waals surface area (Å²) in [4.78, 5) is 22.5. The van der Waals surface area contributed by atoms with Crippen molar-refractivity contribution >= 4 is 17.6 Å². The second-order valence-electron chi connectivity index (χ2n) is 3.90. The lowest BCUT2D eigenvalue weighted by atomic mass is 10.2. The molecular formula is C12H16FN3O2. The number of anilines is 1. The van der Waals surface area contributed by atoms with Crippen LogP contribution >= 0.6 is 0 Å². The summed E-state index contributed by atoms with van der Waals surface area (Å²) in [7, 11) is 1.41. The fraction of sp³-hybridized carbons (Fsp3) is 0.333. The Morgan fingerprint density at radius 1 is 1.33 bits per heavy atom. The van der Waals surface area contributed by atoms with Crippen LogP contribution in [0.3, 0.4) is 0 Å². The van der Waals surface area contributed by atoms with Crippen molar-refractivity contribution in [1.29, 1.82) is 0 Å². The molecule has 0 radical (unpaired) electrons. The molecule has 6 heteroatoms. The molecule has 0 aromatic heterocycles. The summed E-state index contributed by atoms with van der Waals surface area (Å²) in [6, 6.07) is 3.36. The smallest absolute Gasteiger partial charge is 0.321 e. The minimum absolute atomic E-state index is 0.348. The van der Waals surface area contributed by atoms with Crippen LogP contribution in [0, 0.1) is 12.7 Å². The van der Waals surface area contributed by atoms with Crippen LogP contribution < -0.4 is 16.0 Å². The summed E-state index contributed by atoms with van der Waals surface area (Å²) in [6.45, 7) is 3.23. The number of hydrogen-bond acceptors (Lipinski definition) is 3. The number of carbonyl (C=O) groups excluding carboxylic acids is 2. The van der Waals surface area contributed by atoms with Crippen LogP contribution in [0.4, 0.5) is 14.9 Å². The molecule has 5 nitrogen and oxygen atoms in total. The number of imide groups is 1. The van der Waals surface area contributed by atoms with Crippen molar-refractivity contribution in [2.75, 3.05) is 12.4 Å². The SMILES string of the molecule is CNC(=O)NC(=O)C(C)Nc1ccc(C)c(F)c1. The van der Waals surface area contributed by atoms with E-state index in [1.54, 1.807) is 26.0 Å². The fourth-order valence-corrected chi connectivity index (χ4v) is 1.28. The van der Waals surface area contributed by atoms with Gasteiger partial charge in [0.15, 0.2) is 0 Å². The molecule has 0 bridgehead atoms. The Kier molecular flexibility index (Phi) is 4.65. The number of aryl methyl sites for hydroxylation is 1. The van der Waals surface area contributed by atoms with E-state index in [4.69, 9.17) is 0 Å². The van der Waals surface area contributed by atoms with Gasteiger partial charge >= 0.3 is 6.03 Å². The average molecular weight is 253 g/mol. The van der Waals surface area contributed by atoms with Gasteiger partial charge in [-0.2, -0.15) is 0 Å². The fourth-order valence-electron chi connectivity index (χ4n) is 1.28. The van der Waals surface area contributed by atoms with Crippen LogP contribution in [-0.2, 0) is 4.79 Å². The van der Waals surface area contributed by atoms with Gasteiger partial charge in [-0.15, -0.1) is 0 Å². The summed E-state index contributed by atoms with van der Waals surface area (Å²) in [6.07, 6.45) is 0. The summed E-state index contributed by atoms with van der Waals surface area (Å²) in [5.74, 6) is -0.839. The third-order valence-corrected chi connectivity index (χ3v) is 2.41. The summed E-state index contributed by atoms with van der Waals surface area (Å²) < 4.78 is 13.3. The maximum absolute atomic E-state index is 13.3. The van der Waals surface area contributed by atoms with E-state index >= 15 is 0 Å². The third kappa shape index (κ3) is 3.73. The summed E-state index contributed by atoms with van der Waals surface area (Å²) in [5, 5.41) is 7.21. The Bertz CT molecular complexity index is 463. The highest BCUT2D eigenvalue weighted by atomic mass is 19.1. The van der Waals surface area contributed by atoms with Gasteiger partial charge in [-0.05, 0) is 31.5 Å². The van der Waals surface area contributed by atoms with E-state index in [-0.39, 0.29) is 5.82 Å². The number of urea groups is 1. The van der Waals surface area contributed by atoms with Gasteiger partial charge in [-0.3, -0.25) is 10.1 Å². The Morgan fingerprint density at radius 2 is 2.00 bits per heavy atom. The topological polar surface area (TPSA) is 70.2 Å². The van der Waals surface area contributed by atoms with Gasteiger partial charge in [0, 0.05) is 12.7 Å². The van der Waals surface area contributed by atoms with Crippen LogP contribution in [0.2, 0.25) is 0 Å². The molecule has 3 amide bonds. The first-order valence-corrected chi connectivity index (χ1v) is 5.49. The van der Waals surface area contributed by atoms with E-state index in [0.29, 0.717) is 11.3 Å². The molecular weight excluding hydrogens is 237 g/mol. The van der Waals surface area contributed by atoms with Crippen molar-refractivity contribution in [3.05, 3.63) is 29.6 Å². The van der Waals surface area contributed by atoms with E-state index in [9.17, 15) is 14.0 Å². The first-order valence-electron chi connectivity index (χ1n) is 5.49. The van der Waals surface area contributed by atoms with Crippen LogP contribution in [0.1, 0.15) is 12.5 Å². The molecule has 0 aliphatic rings. The van der Waals surface area contributed by atoms with Gasteiger partial charge in [0.25, 0.3) is 0 Å². The average Bonchev–Trinajstić information content (AvgIpc) is 2.33. The molecule has 0 aliphatic carbocycles. The minimum atomic E-state index is -0.649. The lowest BCUT2D eigenvalue weighted by Crippen LogP contribution is -2.44. The Balaban J connectivity index is 2.63. The first-order chi connectivity index (χ1) is 8.43. The molecule has 0 saturated carbocycles. The first kappa shape index (κ1) is 14.0. The molecule has 18 heavy (non-hydrogen) atoms. The van der Waals surface area contributed by atoms with Crippen LogP contribution in [-0.4, -0.2) is 25.0 Å². The Labute approximate surface area is 105 Å². The zero-order valence-electron chi connectivity index (χ0n) is 10.5. The number of carbonyl (C=O) groups is 2. The van der Waals surface area contributed by atoms with Crippen molar-refractivity contribution < 1.29 is 14.0 Å². The molecule has 0 aliphatic heterocycles. The number of rotatable bonds is 3. The van der Waals surface area contributed by atoms with Crippen molar-refractivity contribution in [3.8, 4) is 0 Å². The van der Waals surface area contributed by atoms with E-state index in [1.165, 1.54) is 13.1 Å². The summed E-state index contributed by atoms with van der Waals surface area (Å²) >= 11 is 0. The number of nitrogens with one attached hydrogen (secondary N) is 3. The maximum Gasteiger partial charge on any atom is 0.321 e.